The molecule has 0 fully saturated rings. The Bertz CT molecular complexity index is 549. The highest BCUT2D eigenvalue weighted by molar-refractivity contribution is 5.81. The first-order chi connectivity index (χ1) is 9.77. The maximum Gasteiger partial charge on any atom is 0.416 e. The van der Waals surface area contributed by atoms with Gasteiger partial charge in [-0.3, -0.25) is 4.79 Å². The predicted octanol–water partition coefficient (Wildman–Crippen LogP) is 2.90. The molecule has 0 radical (unpaired) electrons. The number of halogens is 3. The van der Waals surface area contributed by atoms with Crippen LogP contribution >= 0.6 is 0 Å². The summed E-state index contributed by atoms with van der Waals surface area (Å²) in [5, 5.41) is 14.3. The quantitative estimate of drug-likeness (QED) is 0.878. The average molecular weight is 299 g/mol. The van der Waals surface area contributed by atoms with Gasteiger partial charge in [0.25, 0.3) is 0 Å². The molecule has 1 aromatic carbocycles. The molecule has 0 saturated carbocycles. The SMILES string of the molecule is CCC(C)NC(=O)CNc1ccc(C(F)(F)F)cc1C#N. The number of hydrogen-bond donors (Lipinski definition) is 2. The predicted molar refractivity (Wildman–Crippen MR) is 72.5 cm³/mol. The number of nitrogens with zero attached hydrogens (tertiary/aromatic N) is 1. The molecule has 0 heterocycles. The maximum atomic E-state index is 12.5. The van der Waals surface area contributed by atoms with Gasteiger partial charge in [0.2, 0.25) is 5.91 Å². The van der Waals surface area contributed by atoms with Gasteiger partial charge in [-0.2, -0.15) is 18.4 Å². The van der Waals surface area contributed by atoms with E-state index in [2.05, 4.69) is 10.6 Å². The molecule has 4 nitrogen and oxygen atoms in total. The van der Waals surface area contributed by atoms with Crippen molar-refractivity contribution in [3.8, 4) is 6.07 Å². The Balaban J connectivity index is 2.77. The highest BCUT2D eigenvalue weighted by Gasteiger charge is 2.31. The molecule has 0 bridgehead atoms. The van der Waals surface area contributed by atoms with Crippen LogP contribution in [0.1, 0.15) is 31.4 Å². The lowest BCUT2D eigenvalue weighted by Gasteiger charge is -2.14. The van der Waals surface area contributed by atoms with E-state index in [0.717, 1.165) is 24.6 Å². The van der Waals surface area contributed by atoms with E-state index < -0.39 is 11.7 Å². The minimum Gasteiger partial charge on any atom is -0.375 e. The lowest BCUT2D eigenvalue weighted by Crippen LogP contribution is -2.36. The van der Waals surface area contributed by atoms with E-state index in [1.807, 2.05) is 13.8 Å². The summed E-state index contributed by atoms with van der Waals surface area (Å²) in [4.78, 5) is 11.6. The monoisotopic (exact) mass is 299 g/mol. The Labute approximate surface area is 121 Å². The van der Waals surface area contributed by atoms with Gasteiger partial charge in [-0.25, -0.2) is 0 Å². The number of alkyl halides is 3. The molecule has 1 aromatic rings. The van der Waals surface area contributed by atoms with Crippen molar-refractivity contribution in [2.45, 2.75) is 32.5 Å². The molecule has 1 amide bonds. The maximum absolute atomic E-state index is 12.5. The van der Waals surface area contributed by atoms with Crippen LogP contribution in [0.25, 0.3) is 0 Å². The molecular formula is C14H16F3N3O. The van der Waals surface area contributed by atoms with Crippen LogP contribution in [0.4, 0.5) is 18.9 Å². The first kappa shape index (κ1) is 16.8. The first-order valence-corrected chi connectivity index (χ1v) is 6.42. The Kier molecular flexibility index (Phi) is 5.59. The zero-order valence-electron chi connectivity index (χ0n) is 11.7. The third-order valence-corrected chi connectivity index (χ3v) is 2.93. The van der Waals surface area contributed by atoms with E-state index >= 15 is 0 Å². The van der Waals surface area contributed by atoms with Gasteiger partial charge < -0.3 is 10.6 Å². The number of rotatable bonds is 5. The zero-order valence-corrected chi connectivity index (χ0v) is 11.7. The van der Waals surface area contributed by atoms with Gasteiger partial charge in [0.05, 0.1) is 23.4 Å². The van der Waals surface area contributed by atoms with Crippen LogP contribution in [0, 0.1) is 11.3 Å². The van der Waals surface area contributed by atoms with Crippen molar-refractivity contribution in [3.63, 3.8) is 0 Å². The standard InChI is InChI=1S/C14H16F3N3O/c1-3-9(2)20-13(21)8-19-12-5-4-11(14(15,16)17)6-10(12)7-18/h4-6,9,19H,3,8H2,1-2H3,(H,20,21). The summed E-state index contributed by atoms with van der Waals surface area (Å²) in [5.74, 6) is -0.284. The molecule has 1 atom stereocenters. The van der Waals surface area contributed by atoms with Crippen LogP contribution in [0.2, 0.25) is 0 Å². The average Bonchev–Trinajstić information content (AvgIpc) is 2.43. The fourth-order valence-corrected chi connectivity index (χ4v) is 1.57. The van der Waals surface area contributed by atoms with Crippen molar-refractivity contribution in [1.82, 2.24) is 5.32 Å². The summed E-state index contributed by atoms with van der Waals surface area (Å²) in [5.41, 5.74) is -0.848. The van der Waals surface area contributed by atoms with Crippen molar-refractivity contribution in [3.05, 3.63) is 29.3 Å². The van der Waals surface area contributed by atoms with E-state index in [4.69, 9.17) is 5.26 Å². The van der Waals surface area contributed by atoms with E-state index in [0.29, 0.717) is 0 Å². The molecule has 1 unspecified atom stereocenters. The summed E-state index contributed by atoms with van der Waals surface area (Å²) < 4.78 is 37.6. The minimum absolute atomic E-state index is 0.0161. The normalized spacial score (nSPS) is 12.4. The smallest absolute Gasteiger partial charge is 0.375 e. The van der Waals surface area contributed by atoms with Crippen molar-refractivity contribution in [2.75, 3.05) is 11.9 Å². The van der Waals surface area contributed by atoms with Gasteiger partial charge in [-0.05, 0) is 31.5 Å². The van der Waals surface area contributed by atoms with E-state index in [1.165, 1.54) is 0 Å². The number of carbonyl (C=O) groups excluding carboxylic acids is 1. The molecule has 0 spiro atoms. The molecule has 0 aliphatic heterocycles. The summed E-state index contributed by atoms with van der Waals surface area (Å²) in [6, 6.07) is 4.49. The molecule has 7 heteroatoms. The highest BCUT2D eigenvalue weighted by atomic mass is 19.4. The number of carbonyl (C=O) groups is 1. The van der Waals surface area contributed by atoms with Gasteiger partial charge in [0.15, 0.2) is 0 Å². The first-order valence-electron chi connectivity index (χ1n) is 6.42. The fourth-order valence-electron chi connectivity index (χ4n) is 1.57. The number of hydrogen-bond acceptors (Lipinski definition) is 3. The van der Waals surface area contributed by atoms with Gasteiger partial charge in [-0.15, -0.1) is 0 Å². The second kappa shape index (κ2) is 6.97. The van der Waals surface area contributed by atoms with Crippen LogP contribution in [-0.4, -0.2) is 18.5 Å². The summed E-state index contributed by atoms with van der Waals surface area (Å²) >= 11 is 0. The van der Waals surface area contributed by atoms with Crippen molar-refractivity contribution in [2.24, 2.45) is 0 Å². The molecular weight excluding hydrogens is 283 g/mol. The van der Waals surface area contributed by atoms with Crippen molar-refractivity contribution in [1.29, 1.82) is 5.26 Å². The highest BCUT2D eigenvalue weighted by Crippen LogP contribution is 2.31. The zero-order chi connectivity index (χ0) is 16.0. The molecule has 0 aromatic heterocycles. The third-order valence-electron chi connectivity index (χ3n) is 2.93. The van der Waals surface area contributed by atoms with Crippen LogP contribution in [-0.2, 0) is 11.0 Å². The fraction of sp³-hybridized carbons (Fsp3) is 0.429. The second-order valence-electron chi connectivity index (χ2n) is 4.60. The van der Waals surface area contributed by atoms with Crippen LogP contribution < -0.4 is 10.6 Å². The molecule has 1 rings (SSSR count). The van der Waals surface area contributed by atoms with Gasteiger partial charge in [0.1, 0.15) is 6.07 Å². The largest absolute Gasteiger partial charge is 0.416 e. The Morgan fingerprint density at radius 1 is 1.43 bits per heavy atom. The minimum atomic E-state index is -4.50. The van der Waals surface area contributed by atoms with Crippen molar-refractivity contribution >= 4 is 11.6 Å². The lowest BCUT2D eigenvalue weighted by molar-refractivity contribution is -0.137. The van der Waals surface area contributed by atoms with Crippen LogP contribution in [0.3, 0.4) is 0 Å². The number of nitrogens with one attached hydrogen (secondary N) is 2. The number of anilines is 1. The van der Waals surface area contributed by atoms with Gasteiger partial charge >= 0.3 is 6.18 Å². The molecule has 0 aliphatic carbocycles. The van der Waals surface area contributed by atoms with E-state index in [9.17, 15) is 18.0 Å². The van der Waals surface area contributed by atoms with Crippen LogP contribution in [0.15, 0.2) is 18.2 Å². The molecule has 0 saturated heterocycles. The second-order valence-corrected chi connectivity index (χ2v) is 4.60. The Morgan fingerprint density at radius 2 is 2.10 bits per heavy atom. The summed E-state index contributed by atoms with van der Waals surface area (Å²) in [7, 11) is 0. The Hall–Kier alpha value is -2.23. The van der Waals surface area contributed by atoms with Gasteiger partial charge in [-0.1, -0.05) is 6.92 Å². The molecule has 0 aliphatic rings. The number of benzene rings is 1. The third kappa shape index (κ3) is 4.99. The van der Waals surface area contributed by atoms with Crippen molar-refractivity contribution < 1.29 is 18.0 Å². The van der Waals surface area contributed by atoms with Crippen LogP contribution in [0.5, 0.6) is 0 Å². The van der Waals surface area contributed by atoms with E-state index in [-0.39, 0.29) is 29.7 Å². The summed E-state index contributed by atoms with van der Waals surface area (Å²) in [6.07, 6.45) is -3.73. The lowest BCUT2D eigenvalue weighted by atomic mass is 10.1. The molecule has 21 heavy (non-hydrogen) atoms. The topological polar surface area (TPSA) is 64.9 Å². The Morgan fingerprint density at radius 3 is 2.62 bits per heavy atom. The molecule has 114 valence electrons. The summed E-state index contributed by atoms with van der Waals surface area (Å²) in [6.45, 7) is 3.66. The van der Waals surface area contributed by atoms with Gasteiger partial charge in [0, 0.05) is 6.04 Å². The van der Waals surface area contributed by atoms with E-state index in [1.54, 1.807) is 6.07 Å². The number of nitriles is 1. The molecule has 2 N–H and O–H groups in total. The number of amides is 1.